The van der Waals surface area contributed by atoms with E-state index in [0.717, 1.165) is 16.7 Å². The second-order valence-electron chi connectivity index (χ2n) is 8.70. The smallest absolute Gasteiger partial charge is 0.338 e. The molecule has 1 aliphatic rings. The lowest BCUT2D eigenvalue weighted by atomic mass is 9.96. The molecule has 0 spiro atoms. The number of benzene rings is 3. The standard InChI is InChI=1S/C30H25ClN2O4S/c1-3-36-29(35)26-19(2)32-30-33(27(26)22-9-5-4-6-10-22)28(34)25(38-30)17-21-8-7-11-24(16-21)37-18-20-12-14-23(31)15-13-20/h4-17,27H,3,18H2,1-2H3/b25-17-. The van der Waals surface area contributed by atoms with Crippen molar-refractivity contribution in [2.75, 3.05) is 6.61 Å². The molecule has 3 aromatic carbocycles. The van der Waals surface area contributed by atoms with Crippen LogP contribution in [0.15, 0.2) is 99.9 Å². The van der Waals surface area contributed by atoms with Gasteiger partial charge in [0.1, 0.15) is 12.4 Å². The van der Waals surface area contributed by atoms with E-state index in [4.69, 9.17) is 21.1 Å². The highest BCUT2D eigenvalue weighted by Crippen LogP contribution is 2.30. The van der Waals surface area contributed by atoms with Gasteiger partial charge in [0.25, 0.3) is 5.56 Å². The number of ether oxygens (including phenoxy) is 2. The molecule has 1 aromatic heterocycles. The zero-order valence-corrected chi connectivity index (χ0v) is 22.5. The lowest BCUT2D eigenvalue weighted by molar-refractivity contribution is -0.139. The quantitative estimate of drug-likeness (QED) is 0.306. The van der Waals surface area contributed by atoms with Crippen molar-refractivity contribution in [3.63, 3.8) is 0 Å². The van der Waals surface area contributed by atoms with Crippen molar-refractivity contribution < 1.29 is 14.3 Å². The van der Waals surface area contributed by atoms with E-state index in [1.54, 1.807) is 18.4 Å². The Labute approximate surface area is 228 Å². The number of hydrogen-bond donors (Lipinski definition) is 0. The second-order valence-corrected chi connectivity index (χ2v) is 10.1. The first-order valence-electron chi connectivity index (χ1n) is 12.2. The minimum atomic E-state index is -0.623. The molecular weight excluding hydrogens is 520 g/mol. The fraction of sp³-hybridized carbons (Fsp3) is 0.167. The molecule has 4 aromatic rings. The summed E-state index contributed by atoms with van der Waals surface area (Å²) in [5, 5.41) is 0.677. The number of rotatable bonds is 7. The van der Waals surface area contributed by atoms with E-state index in [1.807, 2.05) is 84.9 Å². The second kappa shape index (κ2) is 11.2. The molecule has 0 radical (unpaired) electrons. The predicted molar refractivity (Wildman–Crippen MR) is 149 cm³/mol. The van der Waals surface area contributed by atoms with Crippen LogP contribution in [0.3, 0.4) is 0 Å². The number of allylic oxidation sites excluding steroid dienone is 1. The normalized spacial score (nSPS) is 15.1. The highest BCUT2D eigenvalue weighted by Gasteiger charge is 2.33. The van der Waals surface area contributed by atoms with Crippen LogP contribution in [-0.4, -0.2) is 17.1 Å². The van der Waals surface area contributed by atoms with Crippen LogP contribution in [0.4, 0.5) is 0 Å². The maximum Gasteiger partial charge on any atom is 0.338 e. The maximum absolute atomic E-state index is 13.7. The molecule has 192 valence electrons. The minimum Gasteiger partial charge on any atom is -0.489 e. The first-order chi connectivity index (χ1) is 18.4. The van der Waals surface area contributed by atoms with Gasteiger partial charge in [-0.1, -0.05) is 77.5 Å². The molecule has 0 aliphatic carbocycles. The van der Waals surface area contributed by atoms with Crippen molar-refractivity contribution >= 4 is 35.0 Å². The molecule has 1 atom stereocenters. The Hall–Kier alpha value is -3.94. The summed E-state index contributed by atoms with van der Waals surface area (Å²) in [6.45, 7) is 4.17. The molecule has 5 rings (SSSR count). The van der Waals surface area contributed by atoms with Gasteiger partial charge >= 0.3 is 5.97 Å². The van der Waals surface area contributed by atoms with Gasteiger partial charge in [0.15, 0.2) is 4.80 Å². The molecule has 0 amide bonds. The SMILES string of the molecule is CCOC(=O)C1=C(C)N=c2s/c(=C\c3cccc(OCc4ccc(Cl)cc4)c3)c(=O)n2C1c1ccccc1. The van der Waals surface area contributed by atoms with Gasteiger partial charge in [-0.2, -0.15) is 0 Å². The zero-order valence-electron chi connectivity index (χ0n) is 20.9. The number of aromatic nitrogens is 1. The lowest BCUT2D eigenvalue weighted by Crippen LogP contribution is -2.39. The fourth-order valence-corrected chi connectivity index (χ4v) is 5.51. The minimum absolute atomic E-state index is 0.218. The third kappa shape index (κ3) is 5.35. The molecule has 1 unspecified atom stereocenters. The Morgan fingerprint density at radius 3 is 2.58 bits per heavy atom. The highest BCUT2D eigenvalue weighted by molar-refractivity contribution is 7.07. The third-order valence-corrected chi connectivity index (χ3v) is 7.34. The molecular formula is C30H25ClN2O4S. The summed E-state index contributed by atoms with van der Waals surface area (Å²) < 4.78 is 13.4. The van der Waals surface area contributed by atoms with Gasteiger partial charge in [0.2, 0.25) is 0 Å². The Kier molecular flexibility index (Phi) is 7.58. The molecule has 0 bridgehead atoms. The Morgan fingerprint density at radius 2 is 1.84 bits per heavy atom. The van der Waals surface area contributed by atoms with Gasteiger partial charge in [-0.15, -0.1) is 0 Å². The van der Waals surface area contributed by atoms with Crippen molar-refractivity contribution in [3.8, 4) is 5.75 Å². The van der Waals surface area contributed by atoms with Gasteiger partial charge < -0.3 is 9.47 Å². The van der Waals surface area contributed by atoms with Gasteiger partial charge in [0.05, 0.1) is 28.5 Å². The van der Waals surface area contributed by atoms with Crippen LogP contribution in [-0.2, 0) is 16.1 Å². The average molecular weight is 545 g/mol. The maximum atomic E-state index is 13.7. The van der Waals surface area contributed by atoms with E-state index in [9.17, 15) is 9.59 Å². The first kappa shape index (κ1) is 25.7. The Morgan fingerprint density at radius 1 is 1.08 bits per heavy atom. The average Bonchev–Trinajstić information content (AvgIpc) is 3.22. The Balaban J connectivity index is 1.52. The van der Waals surface area contributed by atoms with Crippen molar-refractivity contribution in [1.29, 1.82) is 0 Å². The first-order valence-corrected chi connectivity index (χ1v) is 13.4. The van der Waals surface area contributed by atoms with Crippen LogP contribution in [0, 0.1) is 0 Å². The fourth-order valence-electron chi connectivity index (χ4n) is 4.34. The van der Waals surface area contributed by atoms with Crippen molar-refractivity contribution in [2.45, 2.75) is 26.5 Å². The topological polar surface area (TPSA) is 69.9 Å². The highest BCUT2D eigenvalue weighted by atomic mass is 35.5. The number of nitrogens with zero attached hydrogens (tertiary/aromatic N) is 2. The van der Waals surface area contributed by atoms with E-state index < -0.39 is 12.0 Å². The van der Waals surface area contributed by atoms with Crippen LogP contribution in [0.25, 0.3) is 6.08 Å². The van der Waals surface area contributed by atoms with E-state index in [2.05, 4.69) is 4.99 Å². The largest absolute Gasteiger partial charge is 0.489 e. The van der Waals surface area contributed by atoms with Gasteiger partial charge in [-0.05, 0) is 60.9 Å². The Bertz CT molecular complexity index is 1690. The number of esters is 1. The van der Waals surface area contributed by atoms with Gasteiger partial charge in [0, 0.05) is 5.02 Å². The predicted octanol–water partition coefficient (Wildman–Crippen LogP) is 5.03. The summed E-state index contributed by atoms with van der Waals surface area (Å²) in [5.74, 6) is 0.214. The summed E-state index contributed by atoms with van der Waals surface area (Å²) in [6, 6.07) is 23.9. The van der Waals surface area contributed by atoms with Crippen molar-refractivity contribution in [2.24, 2.45) is 4.99 Å². The van der Waals surface area contributed by atoms with E-state index in [1.165, 1.54) is 11.3 Å². The number of carbonyl (C=O) groups is 1. The summed E-state index contributed by atoms with van der Waals surface area (Å²) in [6.07, 6.45) is 1.82. The molecule has 8 heteroatoms. The van der Waals surface area contributed by atoms with Crippen LogP contribution in [0.1, 0.15) is 36.6 Å². The molecule has 0 fully saturated rings. The van der Waals surface area contributed by atoms with Crippen LogP contribution < -0.4 is 19.6 Å². The van der Waals surface area contributed by atoms with Gasteiger partial charge in [-0.3, -0.25) is 9.36 Å². The van der Waals surface area contributed by atoms with Crippen LogP contribution in [0.5, 0.6) is 5.75 Å². The molecule has 0 saturated heterocycles. The van der Waals surface area contributed by atoms with Crippen LogP contribution in [0.2, 0.25) is 5.02 Å². The third-order valence-electron chi connectivity index (χ3n) is 6.11. The molecule has 2 heterocycles. The summed E-state index contributed by atoms with van der Waals surface area (Å²) >= 11 is 7.26. The molecule has 1 aliphatic heterocycles. The van der Waals surface area contributed by atoms with Crippen LogP contribution >= 0.6 is 22.9 Å². The molecule has 6 nitrogen and oxygen atoms in total. The van der Waals surface area contributed by atoms with E-state index >= 15 is 0 Å². The van der Waals surface area contributed by atoms with E-state index in [-0.39, 0.29) is 12.2 Å². The number of fused-ring (bicyclic) bond motifs is 1. The van der Waals surface area contributed by atoms with Gasteiger partial charge in [-0.25, -0.2) is 9.79 Å². The summed E-state index contributed by atoms with van der Waals surface area (Å²) in [4.78, 5) is 31.8. The van der Waals surface area contributed by atoms with Crippen molar-refractivity contribution in [3.05, 3.63) is 132 Å². The summed E-state index contributed by atoms with van der Waals surface area (Å²) in [7, 11) is 0. The number of halogens is 1. The molecule has 38 heavy (non-hydrogen) atoms. The van der Waals surface area contributed by atoms with E-state index in [0.29, 0.717) is 38.0 Å². The monoisotopic (exact) mass is 544 g/mol. The molecule has 0 N–H and O–H groups in total. The number of thiazole rings is 1. The lowest BCUT2D eigenvalue weighted by Gasteiger charge is -2.24. The zero-order chi connectivity index (χ0) is 26.6. The number of carbonyl (C=O) groups excluding carboxylic acids is 1. The molecule has 0 saturated carbocycles. The van der Waals surface area contributed by atoms with Crippen molar-refractivity contribution in [1.82, 2.24) is 4.57 Å². The number of hydrogen-bond acceptors (Lipinski definition) is 6. The summed E-state index contributed by atoms with van der Waals surface area (Å²) in [5.41, 5.74) is 3.33.